The summed E-state index contributed by atoms with van der Waals surface area (Å²) in [6.45, 7) is 1.34. The SMILES string of the molecule is COC(CN)CC(=O)NCc1ccc(OCc2ccccc2)cc1.Cl. The minimum atomic E-state index is -0.237. The molecule has 0 fully saturated rings. The Labute approximate surface area is 154 Å². The number of hydrogen-bond donors (Lipinski definition) is 2. The summed E-state index contributed by atoms with van der Waals surface area (Å²) in [6, 6.07) is 17.7. The van der Waals surface area contributed by atoms with E-state index in [1.54, 1.807) is 7.11 Å². The number of carbonyl (C=O) groups excluding carboxylic acids is 1. The van der Waals surface area contributed by atoms with Crippen LogP contribution in [0.5, 0.6) is 5.75 Å². The number of nitrogens with one attached hydrogen (secondary N) is 1. The van der Waals surface area contributed by atoms with Crippen LogP contribution < -0.4 is 15.8 Å². The van der Waals surface area contributed by atoms with Gasteiger partial charge in [-0.25, -0.2) is 0 Å². The van der Waals surface area contributed by atoms with Crippen LogP contribution in [0.1, 0.15) is 17.5 Å². The molecule has 2 aromatic carbocycles. The first-order valence-corrected chi connectivity index (χ1v) is 7.96. The molecule has 2 aromatic rings. The van der Waals surface area contributed by atoms with E-state index in [-0.39, 0.29) is 30.8 Å². The number of methoxy groups -OCH3 is 1. The van der Waals surface area contributed by atoms with E-state index in [1.807, 2.05) is 54.6 Å². The monoisotopic (exact) mass is 364 g/mol. The molecule has 136 valence electrons. The summed E-state index contributed by atoms with van der Waals surface area (Å²) in [5.41, 5.74) is 7.64. The fourth-order valence-electron chi connectivity index (χ4n) is 2.19. The topological polar surface area (TPSA) is 73.6 Å². The van der Waals surface area contributed by atoms with Gasteiger partial charge in [0, 0.05) is 20.2 Å². The molecule has 0 saturated heterocycles. The van der Waals surface area contributed by atoms with Gasteiger partial charge in [-0.2, -0.15) is 0 Å². The van der Waals surface area contributed by atoms with Gasteiger partial charge in [-0.3, -0.25) is 4.79 Å². The molecule has 1 atom stereocenters. The van der Waals surface area contributed by atoms with Crippen molar-refractivity contribution in [3.63, 3.8) is 0 Å². The third-order valence-electron chi connectivity index (χ3n) is 3.67. The van der Waals surface area contributed by atoms with Gasteiger partial charge in [-0.1, -0.05) is 42.5 Å². The molecule has 0 bridgehead atoms. The minimum absolute atomic E-state index is 0. The first kappa shape index (κ1) is 21.0. The van der Waals surface area contributed by atoms with Gasteiger partial charge in [-0.15, -0.1) is 12.4 Å². The van der Waals surface area contributed by atoms with Gasteiger partial charge in [0.25, 0.3) is 0 Å². The first-order chi connectivity index (χ1) is 11.7. The summed E-state index contributed by atoms with van der Waals surface area (Å²) in [5.74, 6) is 0.730. The van der Waals surface area contributed by atoms with E-state index in [0.717, 1.165) is 16.9 Å². The van der Waals surface area contributed by atoms with Crippen molar-refractivity contribution in [1.82, 2.24) is 5.32 Å². The number of nitrogens with two attached hydrogens (primary N) is 1. The third-order valence-corrected chi connectivity index (χ3v) is 3.67. The highest BCUT2D eigenvalue weighted by Crippen LogP contribution is 2.14. The summed E-state index contributed by atoms with van der Waals surface area (Å²) >= 11 is 0. The molecule has 0 saturated carbocycles. The zero-order valence-corrected chi connectivity index (χ0v) is 15.1. The number of ether oxygens (including phenoxy) is 2. The average molecular weight is 365 g/mol. The van der Waals surface area contributed by atoms with Gasteiger partial charge in [0.2, 0.25) is 5.91 Å². The Morgan fingerprint density at radius 1 is 1.08 bits per heavy atom. The fraction of sp³-hybridized carbons (Fsp3) is 0.316. The van der Waals surface area contributed by atoms with Gasteiger partial charge in [0.05, 0.1) is 12.5 Å². The van der Waals surface area contributed by atoms with Crippen LogP contribution in [0.2, 0.25) is 0 Å². The van der Waals surface area contributed by atoms with E-state index in [0.29, 0.717) is 19.7 Å². The maximum Gasteiger partial charge on any atom is 0.222 e. The fourth-order valence-corrected chi connectivity index (χ4v) is 2.19. The molecule has 0 aliphatic rings. The highest BCUT2D eigenvalue weighted by atomic mass is 35.5. The minimum Gasteiger partial charge on any atom is -0.489 e. The summed E-state index contributed by atoms with van der Waals surface area (Å²) in [4.78, 5) is 11.8. The van der Waals surface area contributed by atoms with Crippen LogP contribution in [0.25, 0.3) is 0 Å². The average Bonchev–Trinajstić information content (AvgIpc) is 2.64. The lowest BCUT2D eigenvalue weighted by molar-refractivity contribution is -0.123. The molecule has 1 unspecified atom stereocenters. The van der Waals surface area contributed by atoms with Gasteiger partial charge in [0.1, 0.15) is 12.4 Å². The van der Waals surface area contributed by atoms with Gasteiger partial charge >= 0.3 is 0 Å². The van der Waals surface area contributed by atoms with Crippen LogP contribution in [0.3, 0.4) is 0 Å². The molecule has 0 spiro atoms. The molecular weight excluding hydrogens is 340 g/mol. The van der Waals surface area contributed by atoms with E-state index in [9.17, 15) is 4.79 Å². The van der Waals surface area contributed by atoms with Crippen LogP contribution in [-0.2, 0) is 22.7 Å². The normalized spacial score (nSPS) is 11.3. The molecule has 5 nitrogen and oxygen atoms in total. The summed E-state index contributed by atoms with van der Waals surface area (Å²) < 4.78 is 10.8. The molecule has 1 amide bonds. The molecule has 0 aliphatic carbocycles. The number of amides is 1. The number of rotatable bonds is 9. The van der Waals surface area contributed by atoms with Crippen molar-refractivity contribution in [2.24, 2.45) is 5.73 Å². The maximum atomic E-state index is 11.8. The number of halogens is 1. The van der Waals surface area contributed by atoms with Crippen LogP contribution >= 0.6 is 12.4 Å². The Kier molecular flexibility index (Phi) is 9.62. The summed E-state index contributed by atoms with van der Waals surface area (Å²) in [7, 11) is 1.55. The van der Waals surface area contributed by atoms with Crippen molar-refractivity contribution < 1.29 is 14.3 Å². The van der Waals surface area contributed by atoms with Crippen molar-refractivity contribution in [2.75, 3.05) is 13.7 Å². The molecule has 0 aliphatic heterocycles. The van der Waals surface area contributed by atoms with E-state index < -0.39 is 0 Å². The van der Waals surface area contributed by atoms with Gasteiger partial charge in [0.15, 0.2) is 0 Å². The Morgan fingerprint density at radius 3 is 2.36 bits per heavy atom. The molecule has 6 heteroatoms. The highest BCUT2D eigenvalue weighted by molar-refractivity contribution is 5.85. The lowest BCUT2D eigenvalue weighted by Crippen LogP contribution is -2.31. The molecular formula is C19H25ClN2O3. The Bertz CT molecular complexity index is 616. The molecule has 0 radical (unpaired) electrons. The first-order valence-electron chi connectivity index (χ1n) is 7.96. The summed E-state index contributed by atoms with van der Waals surface area (Å²) in [5, 5.41) is 2.86. The van der Waals surface area contributed by atoms with Crippen LogP contribution in [0, 0.1) is 0 Å². The second-order valence-electron chi connectivity index (χ2n) is 5.49. The van der Waals surface area contributed by atoms with Crippen molar-refractivity contribution >= 4 is 18.3 Å². The lowest BCUT2D eigenvalue weighted by Gasteiger charge is -2.13. The van der Waals surface area contributed by atoms with Crippen LogP contribution in [0.4, 0.5) is 0 Å². The Hall–Kier alpha value is -2.08. The standard InChI is InChI=1S/C19H24N2O3.ClH/c1-23-18(12-20)11-19(22)21-13-15-7-9-17(10-8-15)24-14-16-5-3-2-4-6-16;/h2-10,18H,11-14,20H2,1H3,(H,21,22);1H. The molecule has 25 heavy (non-hydrogen) atoms. The number of carbonyl (C=O) groups is 1. The van der Waals surface area contributed by atoms with E-state index in [4.69, 9.17) is 15.2 Å². The maximum absolute atomic E-state index is 11.8. The predicted molar refractivity (Wildman–Crippen MR) is 101 cm³/mol. The predicted octanol–water partition coefficient (Wildman–Crippen LogP) is 2.67. The van der Waals surface area contributed by atoms with Crippen LogP contribution in [-0.4, -0.2) is 25.7 Å². The molecule has 0 aromatic heterocycles. The molecule has 2 rings (SSSR count). The quantitative estimate of drug-likeness (QED) is 0.717. The van der Waals surface area contributed by atoms with E-state index in [2.05, 4.69) is 5.32 Å². The Morgan fingerprint density at radius 2 is 1.76 bits per heavy atom. The van der Waals surface area contributed by atoms with Crippen LogP contribution in [0.15, 0.2) is 54.6 Å². The van der Waals surface area contributed by atoms with Crippen molar-refractivity contribution in [3.05, 3.63) is 65.7 Å². The van der Waals surface area contributed by atoms with Crippen molar-refractivity contribution in [1.29, 1.82) is 0 Å². The number of hydrogen-bond acceptors (Lipinski definition) is 4. The van der Waals surface area contributed by atoms with Crippen molar-refractivity contribution in [3.8, 4) is 5.75 Å². The zero-order chi connectivity index (χ0) is 17.2. The zero-order valence-electron chi connectivity index (χ0n) is 14.3. The second kappa shape index (κ2) is 11.5. The van der Waals surface area contributed by atoms with E-state index >= 15 is 0 Å². The number of benzene rings is 2. The van der Waals surface area contributed by atoms with E-state index in [1.165, 1.54) is 0 Å². The second-order valence-corrected chi connectivity index (χ2v) is 5.49. The summed E-state index contributed by atoms with van der Waals surface area (Å²) in [6.07, 6.45) is 0.0319. The smallest absolute Gasteiger partial charge is 0.222 e. The van der Waals surface area contributed by atoms with Crippen molar-refractivity contribution in [2.45, 2.75) is 25.7 Å². The highest BCUT2D eigenvalue weighted by Gasteiger charge is 2.10. The Balaban J connectivity index is 0.00000312. The van der Waals surface area contributed by atoms with Gasteiger partial charge < -0.3 is 20.5 Å². The van der Waals surface area contributed by atoms with Gasteiger partial charge in [-0.05, 0) is 23.3 Å². The molecule has 0 heterocycles. The lowest BCUT2D eigenvalue weighted by atomic mass is 10.2. The third kappa shape index (κ3) is 7.56. The molecule has 3 N–H and O–H groups in total. The largest absolute Gasteiger partial charge is 0.489 e.